The van der Waals surface area contributed by atoms with Crippen molar-refractivity contribution in [1.82, 2.24) is 0 Å². The van der Waals surface area contributed by atoms with Gasteiger partial charge < -0.3 is 4.74 Å². The minimum atomic E-state index is 0.679. The zero-order chi connectivity index (χ0) is 10.7. The van der Waals surface area contributed by atoms with E-state index >= 15 is 0 Å². The minimum Gasteiger partial charge on any atom is -0.496 e. The largest absolute Gasteiger partial charge is 0.496 e. The van der Waals surface area contributed by atoms with Gasteiger partial charge in [-0.3, -0.25) is 0 Å². The fourth-order valence-corrected chi connectivity index (χ4v) is 1.63. The first-order valence-electron chi connectivity index (χ1n) is 4.61. The Labute approximate surface area is 93.5 Å². The molecule has 0 bridgehead atoms. The van der Waals surface area contributed by atoms with E-state index in [4.69, 9.17) is 16.3 Å². The summed E-state index contributed by atoms with van der Waals surface area (Å²) in [4.78, 5) is 2.98. The van der Waals surface area contributed by atoms with Crippen LogP contribution in [0.3, 0.4) is 0 Å². The van der Waals surface area contributed by atoms with Crippen LogP contribution in [0.4, 0.5) is 0 Å². The van der Waals surface area contributed by atoms with Crippen molar-refractivity contribution in [2.24, 2.45) is 0 Å². The van der Waals surface area contributed by atoms with Crippen LogP contribution in [-0.4, -0.2) is 7.11 Å². The number of rotatable bonds is 2. The first-order chi connectivity index (χ1) is 7.31. The highest BCUT2D eigenvalue weighted by Crippen LogP contribution is 2.31. The molecule has 0 atom stereocenters. The van der Waals surface area contributed by atoms with E-state index in [0.29, 0.717) is 5.02 Å². The van der Waals surface area contributed by atoms with Crippen molar-refractivity contribution in [3.05, 3.63) is 47.7 Å². The van der Waals surface area contributed by atoms with Gasteiger partial charge >= 0.3 is 0 Å². The Morgan fingerprint density at radius 3 is 2.53 bits per heavy atom. The highest BCUT2D eigenvalue weighted by atomic mass is 35.5. The number of H-pyrrole nitrogens is 1. The predicted octanol–water partition coefficient (Wildman–Crippen LogP) is 2.83. The van der Waals surface area contributed by atoms with Gasteiger partial charge in [0.05, 0.1) is 7.11 Å². The van der Waals surface area contributed by atoms with Crippen LogP contribution < -0.4 is 9.72 Å². The molecule has 2 aromatic rings. The maximum atomic E-state index is 5.90. The molecule has 0 saturated heterocycles. The zero-order valence-electron chi connectivity index (χ0n) is 8.33. The lowest BCUT2D eigenvalue weighted by molar-refractivity contribution is -0.377. The van der Waals surface area contributed by atoms with E-state index in [2.05, 4.69) is 4.98 Å². The third-order valence-electron chi connectivity index (χ3n) is 2.19. The van der Waals surface area contributed by atoms with Gasteiger partial charge in [-0.15, -0.1) is 0 Å². The molecule has 2 rings (SSSR count). The van der Waals surface area contributed by atoms with Gasteiger partial charge in [0.25, 0.3) is 0 Å². The van der Waals surface area contributed by atoms with Crippen LogP contribution in [0.25, 0.3) is 11.1 Å². The zero-order valence-corrected chi connectivity index (χ0v) is 9.08. The van der Waals surface area contributed by atoms with Crippen LogP contribution in [0, 0.1) is 0 Å². The van der Waals surface area contributed by atoms with E-state index < -0.39 is 0 Å². The number of halogens is 1. The van der Waals surface area contributed by atoms with Gasteiger partial charge in [0.1, 0.15) is 5.75 Å². The van der Waals surface area contributed by atoms with Gasteiger partial charge in [0.2, 0.25) is 0 Å². The predicted molar refractivity (Wildman–Crippen MR) is 60.0 cm³/mol. The maximum Gasteiger partial charge on any atom is 0.167 e. The molecule has 0 saturated carbocycles. The third-order valence-corrected chi connectivity index (χ3v) is 2.43. The number of aromatic nitrogens is 1. The standard InChI is InChI=1S/C12H10ClNO/c1-15-12-8-10(13)2-3-11(12)9-4-6-14-7-5-9/h2-8H,1H3/p+1. The topological polar surface area (TPSA) is 23.4 Å². The molecule has 0 fully saturated rings. The van der Waals surface area contributed by atoms with Crippen molar-refractivity contribution in [3.8, 4) is 16.9 Å². The highest BCUT2D eigenvalue weighted by Gasteiger charge is 2.06. The summed E-state index contributed by atoms with van der Waals surface area (Å²) in [5.41, 5.74) is 2.14. The molecule has 0 spiro atoms. The molecular weight excluding hydrogens is 210 g/mol. The second-order valence-electron chi connectivity index (χ2n) is 3.13. The Kier molecular flexibility index (Phi) is 2.88. The molecule has 1 heterocycles. The Balaban J connectivity index is 2.53. The van der Waals surface area contributed by atoms with Gasteiger partial charge in [0, 0.05) is 22.7 Å². The highest BCUT2D eigenvalue weighted by molar-refractivity contribution is 6.30. The van der Waals surface area contributed by atoms with Crippen LogP contribution in [0.2, 0.25) is 5.02 Å². The lowest BCUT2D eigenvalue weighted by Crippen LogP contribution is -1.97. The first-order valence-corrected chi connectivity index (χ1v) is 4.99. The minimum absolute atomic E-state index is 0.679. The molecule has 76 valence electrons. The van der Waals surface area contributed by atoms with Gasteiger partial charge in [-0.1, -0.05) is 11.6 Å². The molecule has 1 aromatic heterocycles. The molecule has 2 nitrogen and oxygen atoms in total. The Hall–Kier alpha value is -1.54. The number of hydrogen-bond donors (Lipinski definition) is 0. The Morgan fingerprint density at radius 1 is 1.13 bits per heavy atom. The molecule has 0 aliphatic heterocycles. The summed E-state index contributed by atoms with van der Waals surface area (Å²) < 4.78 is 5.29. The number of methoxy groups -OCH3 is 1. The Bertz CT molecular complexity index is 456. The van der Waals surface area contributed by atoms with Crippen LogP contribution >= 0.6 is 11.6 Å². The summed E-state index contributed by atoms with van der Waals surface area (Å²) in [5, 5.41) is 0.679. The van der Waals surface area contributed by atoms with Crippen molar-refractivity contribution >= 4 is 11.6 Å². The number of benzene rings is 1. The van der Waals surface area contributed by atoms with Gasteiger partial charge in [0.15, 0.2) is 12.4 Å². The summed E-state index contributed by atoms with van der Waals surface area (Å²) in [7, 11) is 1.64. The average Bonchev–Trinajstić information content (AvgIpc) is 2.30. The lowest BCUT2D eigenvalue weighted by Gasteiger charge is -2.07. The SMILES string of the molecule is COc1cc(Cl)ccc1-c1cc[nH+]cc1. The summed E-state index contributed by atoms with van der Waals surface area (Å²) in [5.74, 6) is 0.786. The average molecular weight is 221 g/mol. The van der Waals surface area contributed by atoms with E-state index in [9.17, 15) is 0 Å². The van der Waals surface area contributed by atoms with Crippen molar-refractivity contribution < 1.29 is 9.72 Å². The second-order valence-corrected chi connectivity index (χ2v) is 3.57. The van der Waals surface area contributed by atoms with Crippen LogP contribution in [0.1, 0.15) is 0 Å². The quantitative estimate of drug-likeness (QED) is 0.764. The number of hydrogen-bond acceptors (Lipinski definition) is 1. The molecule has 0 aliphatic carbocycles. The van der Waals surface area contributed by atoms with Gasteiger partial charge in [-0.05, 0) is 23.8 Å². The molecule has 0 amide bonds. The number of aromatic amines is 1. The van der Waals surface area contributed by atoms with E-state index in [1.807, 2.05) is 42.7 Å². The molecule has 1 aromatic carbocycles. The number of ether oxygens (including phenoxy) is 1. The Morgan fingerprint density at radius 2 is 1.87 bits per heavy atom. The molecule has 15 heavy (non-hydrogen) atoms. The normalized spacial score (nSPS) is 10.0. The van der Waals surface area contributed by atoms with E-state index in [-0.39, 0.29) is 0 Å². The van der Waals surface area contributed by atoms with E-state index in [0.717, 1.165) is 16.9 Å². The third kappa shape index (κ3) is 2.10. The van der Waals surface area contributed by atoms with Crippen LogP contribution in [0.15, 0.2) is 42.7 Å². The summed E-state index contributed by atoms with van der Waals surface area (Å²) in [6.07, 6.45) is 3.76. The molecule has 1 N–H and O–H groups in total. The molecule has 0 aliphatic rings. The van der Waals surface area contributed by atoms with Crippen molar-refractivity contribution in [3.63, 3.8) is 0 Å². The van der Waals surface area contributed by atoms with Crippen molar-refractivity contribution in [2.75, 3.05) is 7.11 Å². The van der Waals surface area contributed by atoms with E-state index in [1.165, 1.54) is 0 Å². The van der Waals surface area contributed by atoms with Crippen molar-refractivity contribution in [2.45, 2.75) is 0 Å². The monoisotopic (exact) mass is 220 g/mol. The summed E-state index contributed by atoms with van der Waals surface area (Å²) in [6, 6.07) is 9.61. The lowest BCUT2D eigenvalue weighted by atomic mass is 10.1. The first kappa shape index (κ1) is 9.99. The van der Waals surface area contributed by atoms with Gasteiger partial charge in [-0.2, -0.15) is 0 Å². The smallest absolute Gasteiger partial charge is 0.167 e. The second kappa shape index (κ2) is 4.32. The van der Waals surface area contributed by atoms with E-state index in [1.54, 1.807) is 7.11 Å². The number of pyridine rings is 1. The van der Waals surface area contributed by atoms with Gasteiger partial charge in [-0.25, -0.2) is 4.98 Å². The molecule has 0 unspecified atom stereocenters. The molecule has 3 heteroatoms. The fourth-order valence-electron chi connectivity index (χ4n) is 1.47. The number of nitrogens with one attached hydrogen (secondary N) is 1. The fraction of sp³-hybridized carbons (Fsp3) is 0.0833. The van der Waals surface area contributed by atoms with Crippen LogP contribution in [-0.2, 0) is 0 Å². The molecular formula is C12H11ClNO+. The summed E-state index contributed by atoms with van der Waals surface area (Å²) in [6.45, 7) is 0. The van der Waals surface area contributed by atoms with Crippen molar-refractivity contribution in [1.29, 1.82) is 0 Å². The maximum absolute atomic E-state index is 5.90. The van der Waals surface area contributed by atoms with Crippen LogP contribution in [0.5, 0.6) is 5.75 Å². The molecule has 0 radical (unpaired) electrons. The summed E-state index contributed by atoms with van der Waals surface area (Å²) >= 11 is 5.90.